The molecule has 6 heteroatoms. The van der Waals surface area contributed by atoms with Crippen molar-refractivity contribution in [3.63, 3.8) is 0 Å². The highest BCUT2D eigenvalue weighted by atomic mass is 79.9. The summed E-state index contributed by atoms with van der Waals surface area (Å²) in [5, 5.41) is 0.594. The topological polar surface area (TPSA) is 37.8 Å². The van der Waals surface area contributed by atoms with Crippen LogP contribution in [0.2, 0.25) is 5.02 Å². The lowest BCUT2D eigenvalue weighted by atomic mass is 10.3. The van der Waals surface area contributed by atoms with Crippen LogP contribution in [-0.4, -0.2) is 9.55 Å². The molecule has 0 aliphatic rings. The molecule has 0 aliphatic heterocycles. The van der Waals surface area contributed by atoms with Crippen LogP contribution >= 0.6 is 43.5 Å². The van der Waals surface area contributed by atoms with Crippen molar-refractivity contribution in [2.45, 2.75) is 0 Å². The molecule has 1 N–H and O–H groups in total. The maximum Gasteiger partial charge on any atom is 0.331 e. The quantitative estimate of drug-likeness (QED) is 0.640. The number of rotatable bonds is 1. The molecule has 0 aliphatic carbocycles. The number of fused-ring (bicyclic) bond motifs is 1. The second-order valence-electron chi connectivity index (χ2n) is 4.03. The van der Waals surface area contributed by atoms with E-state index in [-0.39, 0.29) is 5.69 Å². The average Bonchev–Trinajstić information content (AvgIpc) is 2.68. The molecule has 0 fully saturated rings. The SMILES string of the molecule is O=c1[nH]c2ccc(Cl)cc2n1-c1ccc(Br)c(Br)c1. The maximum atomic E-state index is 12.1. The molecule has 3 rings (SSSR count). The van der Waals surface area contributed by atoms with Crippen LogP contribution in [0.5, 0.6) is 0 Å². The van der Waals surface area contributed by atoms with Gasteiger partial charge in [-0.05, 0) is 68.3 Å². The highest BCUT2D eigenvalue weighted by molar-refractivity contribution is 9.13. The second kappa shape index (κ2) is 4.81. The lowest BCUT2D eigenvalue weighted by molar-refractivity contribution is 1.01. The smallest absolute Gasteiger partial charge is 0.305 e. The number of hydrogen-bond donors (Lipinski definition) is 1. The molecule has 0 radical (unpaired) electrons. The zero-order valence-electron chi connectivity index (χ0n) is 9.45. The van der Waals surface area contributed by atoms with E-state index >= 15 is 0 Å². The lowest BCUT2D eigenvalue weighted by Crippen LogP contribution is -2.14. The average molecular weight is 402 g/mol. The first-order chi connectivity index (χ1) is 9.06. The minimum absolute atomic E-state index is 0.188. The highest BCUT2D eigenvalue weighted by Crippen LogP contribution is 2.27. The van der Waals surface area contributed by atoms with Crippen molar-refractivity contribution < 1.29 is 0 Å². The molecule has 1 aromatic heterocycles. The highest BCUT2D eigenvalue weighted by Gasteiger charge is 2.10. The molecule has 0 saturated carbocycles. The monoisotopic (exact) mass is 400 g/mol. The summed E-state index contributed by atoms with van der Waals surface area (Å²) in [6.45, 7) is 0. The zero-order chi connectivity index (χ0) is 13.6. The van der Waals surface area contributed by atoms with Gasteiger partial charge in [-0.3, -0.25) is 4.57 Å². The molecule has 0 bridgehead atoms. The Hall–Kier alpha value is -1.04. The van der Waals surface area contributed by atoms with Crippen molar-refractivity contribution >= 4 is 54.5 Å². The Labute approximate surface area is 130 Å². The van der Waals surface area contributed by atoms with Crippen molar-refractivity contribution in [3.05, 3.63) is 60.9 Å². The van der Waals surface area contributed by atoms with Gasteiger partial charge in [-0.2, -0.15) is 0 Å². The maximum absolute atomic E-state index is 12.1. The fraction of sp³-hybridized carbons (Fsp3) is 0. The van der Waals surface area contributed by atoms with E-state index in [1.54, 1.807) is 22.8 Å². The van der Waals surface area contributed by atoms with Gasteiger partial charge in [0.05, 0.1) is 16.7 Å². The first-order valence-electron chi connectivity index (χ1n) is 5.42. The van der Waals surface area contributed by atoms with E-state index in [2.05, 4.69) is 36.8 Å². The van der Waals surface area contributed by atoms with Gasteiger partial charge < -0.3 is 4.98 Å². The van der Waals surface area contributed by atoms with Crippen LogP contribution in [0.4, 0.5) is 0 Å². The molecular weight excluding hydrogens is 395 g/mol. The van der Waals surface area contributed by atoms with Crippen molar-refractivity contribution in [1.29, 1.82) is 0 Å². The fourth-order valence-corrected chi connectivity index (χ4v) is 2.74. The van der Waals surface area contributed by atoms with Crippen molar-refractivity contribution in [2.24, 2.45) is 0 Å². The van der Waals surface area contributed by atoms with Crippen LogP contribution in [0.15, 0.2) is 50.1 Å². The van der Waals surface area contributed by atoms with E-state index in [1.807, 2.05) is 18.2 Å². The van der Waals surface area contributed by atoms with E-state index in [0.29, 0.717) is 5.02 Å². The summed E-state index contributed by atoms with van der Waals surface area (Å²) in [5.74, 6) is 0. The van der Waals surface area contributed by atoms with Gasteiger partial charge in [0.15, 0.2) is 0 Å². The van der Waals surface area contributed by atoms with Gasteiger partial charge in [-0.25, -0.2) is 4.79 Å². The van der Waals surface area contributed by atoms with E-state index < -0.39 is 0 Å². The molecule has 3 aromatic rings. The number of H-pyrrole nitrogens is 1. The van der Waals surface area contributed by atoms with Crippen LogP contribution in [0, 0.1) is 0 Å². The molecule has 0 amide bonds. The standard InChI is InChI=1S/C13H7Br2ClN2O/c14-9-3-2-8(6-10(9)15)18-12-5-7(16)1-4-11(12)17-13(18)19/h1-6H,(H,17,19). The van der Waals surface area contributed by atoms with Crippen LogP contribution in [0.3, 0.4) is 0 Å². The molecule has 0 unspecified atom stereocenters. The third-order valence-corrected chi connectivity index (χ3v) is 4.92. The lowest BCUT2D eigenvalue weighted by Gasteiger charge is -2.05. The molecule has 19 heavy (non-hydrogen) atoms. The minimum Gasteiger partial charge on any atom is -0.305 e. The molecular formula is C13H7Br2ClN2O. The van der Waals surface area contributed by atoms with Crippen LogP contribution in [0.1, 0.15) is 0 Å². The number of hydrogen-bond acceptors (Lipinski definition) is 1. The number of halogens is 3. The zero-order valence-corrected chi connectivity index (χ0v) is 13.4. The van der Waals surface area contributed by atoms with Crippen molar-refractivity contribution in [1.82, 2.24) is 9.55 Å². The van der Waals surface area contributed by atoms with E-state index in [1.165, 1.54) is 0 Å². The van der Waals surface area contributed by atoms with Crippen molar-refractivity contribution in [2.75, 3.05) is 0 Å². The Balaban J connectivity index is 2.35. The second-order valence-corrected chi connectivity index (χ2v) is 6.17. The summed E-state index contributed by atoms with van der Waals surface area (Å²) in [7, 11) is 0. The normalized spacial score (nSPS) is 11.1. The summed E-state index contributed by atoms with van der Waals surface area (Å²) < 4.78 is 3.41. The Morgan fingerprint density at radius 2 is 1.84 bits per heavy atom. The first kappa shape index (κ1) is 13.0. The summed E-state index contributed by atoms with van der Waals surface area (Å²) in [5.41, 5.74) is 2.10. The number of nitrogens with zero attached hydrogens (tertiary/aromatic N) is 1. The predicted octanol–water partition coefficient (Wildman–Crippen LogP) is 4.50. The number of aromatic nitrogens is 2. The Morgan fingerprint density at radius 1 is 1.05 bits per heavy atom. The number of benzene rings is 2. The van der Waals surface area contributed by atoms with E-state index in [0.717, 1.165) is 25.7 Å². The van der Waals surface area contributed by atoms with Crippen molar-refractivity contribution in [3.8, 4) is 5.69 Å². The van der Waals surface area contributed by atoms with Crippen LogP contribution in [-0.2, 0) is 0 Å². The van der Waals surface area contributed by atoms with Gasteiger partial charge >= 0.3 is 5.69 Å². The summed E-state index contributed by atoms with van der Waals surface area (Å²) in [6, 6.07) is 10.9. The van der Waals surface area contributed by atoms with Gasteiger partial charge in [0.1, 0.15) is 0 Å². The van der Waals surface area contributed by atoms with Gasteiger partial charge in [0.2, 0.25) is 0 Å². The third kappa shape index (κ3) is 2.26. The van der Waals surface area contributed by atoms with Crippen LogP contribution in [0.25, 0.3) is 16.7 Å². The fourth-order valence-electron chi connectivity index (χ4n) is 1.96. The molecule has 0 saturated heterocycles. The molecule has 2 aromatic carbocycles. The third-order valence-electron chi connectivity index (χ3n) is 2.81. The van der Waals surface area contributed by atoms with E-state index in [4.69, 9.17) is 11.6 Å². The minimum atomic E-state index is -0.188. The number of nitrogens with one attached hydrogen (secondary N) is 1. The Bertz CT molecular complexity index is 838. The molecule has 3 nitrogen and oxygen atoms in total. The summed E-state index contributed by atoms with van der Waals surface area (Å²) in [6.07, 6.45) is 0. The van der Waals surface area contributed by atoms with Gasteiger partial charge in [0.25, 0.3) is 0 Å². The molecule has 0 atom stereocenters. The first-order valence-corrected chi connectivity index (χ1v) is 7.38. The summed E-state index contributed by atoms with van der Waals surface area (Å²) >= 11 is 12.8. The van der Waals surface area contributed by atoms with Gasteiger partial charge in [0, 0.05) is 14.0 Å². The Morgan fingerprint density at radius 3 is 2.58 bits per heavy atom. The number of aromatic amines is 1. The van der Waals surface area contributed by atoms with E-state index in [9.17, 15) is 4.79 Å². The number of imidazole rings is 1. The summed E-state index contributed by atoms with van der Waals surface area (Å²) in [4.78, 5) is 14.9. The predicted molar refractivity (Wildman–Crippen MR) is 84.3 cm³/mol. The molecule has 1 heterocycles. The van der Waals surface area contributed by atoms with Gasteiger partial charge in [-0.15, -0.1) is 0 Å². The Kier molecular flexibility index (Phi) is 3.28. The molecule has 0 spiro atoms. The van der Waals surface area contributed by atoms with Gasteiger partial charge in [-0.1, -0.05) is 11.6 Å². The van der Waals surface area contributed by atoms with Crippen LogP contribution < -0.4 is 5.69 Å². The largest absolute Gasteiger partial charge is 0.331 e. The molecule has 96 valence electrons.